The predicted molar refractivity (Wildman–Crippen MR) is 105 cm³/mol. The number of esters is 1. The van der Waals surface area contributed by atoms with Crippen molar-refractivity contribution in [2.45, 2.75) is 19.8 Å². The number of H-pyrrole nitrogens is 1. The summed E-state index contributed by atoms with van der Waals surface area (Å²) in [6.07, 6.45) is 3.31. The van der Waals surface area contributed by atoms with Crippen LogP contribution < -0.4 is 10.6 Å². The van der Waals surface area contributed by atoms with Crippen LogP contribution in [0, 0.1) is 0 Å². The molecule has 2 amide bonds. The van der Waals surface area contributed by atoms with Gasteiger partial charge in [0, 0.05) is 11.1 Å². The van der Waals surface area contributed by atoms with Crippen molar-refractivity contribution >= 4 is 40.1 Å². The predicted octanol–water partition coefficient (Wildman–Crippen LogP) is 3.10. The fraction of sp³-hybridized carbons (Fsp3) is 0.200. The number of unbranched alkanes of at least 4 members (excludes halogenated alkanes) is 1. The minimum Gasteiger partial charge on any atom is -0.462 e. The maximum Gasteiger partial charge on any atom is 0.340 e. The number of carbonyl (C=O) groups excluding carboxylic acids is 3. The van der Waals surface area contributed by atoms with Crippen molar-refractivity contribution in [2.24, 2.45) is 0 Å². The normalized spacial score (nSPS) is 10.5. The summed E-state index contributed by atoms with van der Waals surface area (Å²) in [6, 6.07) is 11.5. The summed E-state index contributed by atoms with van der Waals surface area (Å²) >= 11 is 0. The van der Waals surface area contributed by atoms with E-state index in [1.165, 1.54) is 12.1 Å². The maximum absolute atomic E-state index is 12.3. The van der Waals surface area contributed by atoms with Crippen molar-refractivity contribution in [1.29, 1.82) is 0 Å². The fourth-order valence-electron chi connectivity index (χ4n) is 2.54. The van der Waals surface area contributed by atoms with Crippen LogP contribution in [-0.2, 0) is 14.3 Å². The number of rotatable bonds is 6. The van der Waals surface area contributed by atoms with Crippen LogP contribution in [0.15, 0.2) is 48.7 Å². The van der Waals surface area contributed by atoms with E-state index in [-0.39, 0.29) is 11.3 Å². The third-order valence-corrected chi connectivity index (χ3v) is 4.03. The molecule has 0 unspecified atom stereocenters. The van der Waals surface area contributed by atoms with Crippen molar-refractivity contribution < 1.29 is 19.1 Å². The van der Waals surface area contributed by atoms with Gasteiger partial charge in [0.25, 0.3) is 0 Å². The highest BCUT2D eigenvalue weighted by Gasteiger charge is 2.19. The second kappa shape index (κ2) is 8.81. The Balaban J connectivity index is 1.66. The molecule has 3 N–H and O–H groups in total. The monoisotopic (exact) mass is 380 g/mol. The molecular weight excluding hydrogens is 360 g/mol. The van der Waals surface area contributed by atoms with Gasteiger partial charge >= 0.3 is 17.8 Å². The molecule has 8 heteroatoms. The zero-order chi connectivity index (χ0) is 19.9. The molecule has 3 rings (SSSR count). The Kier molecular flexibility index (Phi) is 6.01. The number of anilines is 2. The van der Waals surface area contributed by atoms with Crippen LogP contribution in [0.2, 0.25) is 0 Å². The number of hydrogen-bond acceptors (Lipinski definition) is 5. The third kappa shape index (κ3) is 4.53. The van der Waals surface area contributed by atoms with Crippen molar-refractivity contribution in [3.8, 4) is 0 Å². The van der Waals surface area contributed by atoms with E-state index in [1.807, 2.05) is 6.92 Å². The molecule has 0 bridgehead atoms. The van der Waals surface area contributed by atoms with Gasteiger partial charge in [-0.15, -0.1) is 0 Å². The number of fused-ring (bicyclic) bond motifs is 1. The summed E-state index contributed by atoms with van der Waals surface area (Å²) in [6.45, 7) is 2.29. The van der Waals surface area contributed by atoms with E-state index >= 15 is 0 Å². The van der Waals surface area contributed by atoms with E-state index in [2.05, 4.69) is 20.8 Å². The lowest BCUT2D eigenvalue weighted by Crippen LogP contribution is -2.29. The van der Waals surface area contributed by atoms with Gasteiger partial charge in [0.1, 0.15) is 0 Å². The molecule has 1 heterocycles. The van der Waals surface area contributed by atoms with Crippen molar-refractivity contribution in [2.75, 3.05) is 17.2 Å². The number of amides is 2. The van der Waals surface area contributed by atoms with E-state index in [0.29, 0.717) is 12.3 Å². The summed E-state index contributed by atoms with van der Waals surface area (Å²) in [5.74, 6) is -2.29. The van der Waals surface area contributed by atoms with Gasteiger partial charge in [0.15, 0.2) is 0 Å². The molecule has 0 fully saturated rings. The Labute approximate surface area is 161 Å². The van der Waals surface area contributed by atoms with Crippen LogP contribution in [-0.4, -0.2) is 34.6 Å². The number of nitrogens with zero attached hydrogens (tertiary/aromatic N) is 1. The number of ether oxygens (including phenoxy) is 1. The highest BCUT2D eigenvalue weighted by molar-refractivity contribution is 6.44. The zero-order valence-corrected chi connectivity index (χ0v) is 15.3. The quantitative estimate of drug-likeness (QED) is 0.345. The summed E-state index contributed by atoms with van der Waals surface area (Å²) in [4.78, 5) is 36.7. The van der Waals surface area contributed by atoms with Crippen LogP contribution in [0.3, 0.4) is 0 Å². The highest BCUT2D eigenvalue weighted by atomic mass is 16.5. The van der Waals surface area contributed by atoms with Crippen molar-refractivity contribution in [3.05, 3.63) is 54.2 Å². The summed E-state index contributed by atoms with van der Waals surface area (Å²) < 4.78 is 5.18. The van der Waals surface area contributed by atoms with E-state index in [4.69, 9.17) is 4.74 Å². The van der Waals surface area contributed by atoms with Gasteiger partial charge in [0.2, 0.25) is 0 Å². The number of benzene rings is 2. The molecule has 8 nitrogen and oxygen atoms in total. The van der Waals surface area contributed by atoms with Crippen LogP contribution >= 0.6 is 0 Å². The Morgan fingerprint density at radius 3 is 2.68 bits per heavy atom. The number of hydrogen-bond donors (Lipinski definition) is 3. The number of nitrogens with one attached hydrogen (secondary N) is 3. The second-order valence-electron chi connectivity index (χ2n) is 6.12. The topological polar surface area (TPSA) is 113 Å². The van der Waals surface area contributed by atoms with Crippen LogP contribution in [0.1, 0.15) is 30.1 Å². The van der Waals surface area contributed by atoms with E-state index in [9.17, 15) is 14.4 Å². The maximum atomic E-state index is 12.3. The second-order valence-corrected chi connectivity index (χ2v) is 6.12. The molecule has 0 saturated heterocycles. The Bertz CT molecular complexity index is 1010. The molecule has 0 radical (unpaired) electrons. The minimum absolute atomic E-state index is 0.193. The van der Waals surface area contributed by atoms with Gasteiger partial charge in [-0.1, -0.05) is 25.5 Å². The molecule has 144 valence electrons. The lowest BCUT2D eigenvalue weighted by atomic mass is 10.1. The number of carbonyl (C=O) groups is 3. The van der Waals surface area contributed by atoms with Gasteiger partial charge in [-0.05, 0) is 36.8 Å². The first-order chi connectivity index (χ1) is 13.6. The van der Waals surface area contributed by atoms with Crippen LogP contribution in [0.4, 0.5) is 11.4 Å². The Morgan fingerprint density at radius 2 is 1.86 bits per heavy atom. The van der Waals surface area contributed by atoms with Crippen LogP contribution in [0.25, 0.3) is 10.9 Å². The van der Waals surface area contributed by atoms with Gasteiger partial charge in [-0.2, -0.15) is 5.10 Å². The largest absolute Gasteiger partial charge is 0.462 e. The third-order valence-electron chi connectivity index (χ3n) is 4.03. The van der Waals surface area contributed by atoms with Gasteiger partial charge in [-0.3, -0.25) is 14.7 Å². The first-order valence-corrected chi connectivity index (χ1v) is 8.90. The molecule has 1 aromatic heterocycles. The average Bonchev–Trinajstić information content (AvgIpc) is 3.16. The standard InChI is InChI=1S/C20H20N4O4/c1-2-3-10-28-20(27)15-6-4-5-7-16(15)23-19(26)18(25)22-14-9-8-13-12-21-24-17(13)11-14/h4-9,11-12H,2-3,10H2,1H3,(H,21,24)(H,22,25)(H,23,26). The summed E-state index contributed by atoms with van der Waals surface area (Å²) in [7, 11) is 0. The van der Waals surface area contributed by atoms with Crippen LogP contribution in [0.5, 0.6) is 0 Å². The van der Waals surface area contributed by atoms with Crippen molar-refractivity contribution in [1.82, 2.24) is 10.2 Å². The highest BCUT2D eigenvalue weighted by Crippen LogP contribution is 2.18. The number of para-hydroxylation sites is 1. The van der Waals surface area contributed by atoms with Gasteiger partial charge in [-0.25, -0.2) is 4.79 Å². The smallest absolute Gasteiger partial charge is 0.340 e. The molecule has 3 aromatic rings. The molecule has 0 aliphatic heterocycles. The van der Waals surface area contributed by atoms with E-state index < -0.39 is 17.8 Å². The lowest BCUT2D eigenvalue weighted by Gasteiger charge is -2.11. The number of aromatic nitrogens is 2. The average molecular weight is 380 g/mol. The molecule has 0 spiro atoms. The minimum atomic E-state index is -0.890. The Hall–Kier alpha value is -3.68. The lowest BCUT2D eigenvalue weighted by molar-refractivity contribution is -0.133. The fourth-order valence-corrected chi connectivity index (χ4v) is 2.54. The van der Waals surface area contributed by atoms with Gasteiger partial charge < -0.3 is 15.4 Å². The SMILES string of the molecule is CCCCOC(=O)c1ccccc1NC(=O)C(=O)Nc1ccc2cn[nH]c2c1. The molecule has 0 saturated carbocycles. The first kappa shape index (κ1) is 19.1. The molecule has 0 aliphatic carbocycles. The van der Waals surface area contributed by atoms with E-state index in [0.717, 1.165) is 23.7 Å². The first-order valence-electron chi connectivity index (χ1n) is 8.90. The molecule has 28 heavy (non-hydrogen) atoms. The zero-order valence-electron chi connectivity index (χ0n) is 15.3. The van der Waals surface area contributed by atoms with Crippen molar-refractivity contribution in [3.63, 3.8) is 0 Å². The number of aromatic amines is 1. The Morgan fingerprint density at radius 1 is 1.07 bits per heavy atom. The van der Waals surface area contributed by atoms with Gasteiger partial charge in [0.05, 0.1) is 29.6 Å². The molecule has 0 aliphatic rings. The molecular formula is C20H20N4O4. The van der Waals surface area contributed by atoms with E-state index in [1.54, 1.807) is 36.5 Å². The summed E-state index contributed by atoms with van der Waals surface area (Å²) in [5.41, 5.74) is 1.59. The summed E-state index contributed by atoms with van der Waals surface area (Å²) in [5, 5.41) is 12.6. The molecule has 0 atom stereocenters. The molecule has 2 aromatic carbocycles.